The molecule has 0 saturated heterocycles. The first-order valence-electron chi connectivity index (χ1n) is 5.48. The monoisotopic (exact) mass is 253 g/mol. The van der Waals surface area contributed by atoms with Crippen LogP contribution in [0.1, 0.15) is 29.8 Å². The van der Waals surface area contributed by atoms with Gasteiger partial charge in [-0.25, -0.2) is 4.79 Å². The van der Waals surface area contributed by atoms with Crippen LogP contribution >= 0.6 is 0 Å². The van der Waals surface area contributed by atoms with E-state index in [4.69, 9.17) is 9.84 Å². The van der Waals surface area contributed by atoms with Gasteiger partial charge in [0.1, 0.15) is 5.75 Å². The highest BCUT2D eigenvalue weighted by Crippen LogP contribution is 2.30. The normalized spacial score (nSPS) is 10.4. The lowest BCUT2D eigenvalue weighted by Crippen LogP contribution is -2.08. The van der Waals surface area contributed by atoms with Crippen molar-refractivity contribution in [2.45, 2.75) is 20.8 Å². The molecule has 0 spiro atoms. The molecule has 0 heterocycles. The standard InChI is InChI=1S/C12H15NO5/c1-7(2)6-18-11-5-9(12(14)15)4-10(8(11)3)13(16)17/h4-5,7H,6H2,1-3H3,(H,14,15). The number of nitrogens with zero attached hydrogens (tertiary/aromatic N) is 1. The molecule has 1 aromatic carbocycles. The molecule has 0 aliphatic heterocycles. The predicted octanol–water partition coefficient (Wildman–Crippen LogP) is 2.64. The van der Waals surface area contributed by atoms with Gasteiger partial charge >= 0.3 is 5.97 Å². The minimum Gasteiger partial charge on any atom is -0.493 e. The Bertz CT molecular complexity index is 482. The Labute approximate surface area is 104 Å². The maximum Gasteiger partial charge on any atom is 0.336 e. The average molecular weight is 253 g/mol. The summed E-state index contributed by atoms with van der Waals surface area (Å²) in [6.45, 7) is 5.79. The number of carboxylic acids is 1. The van der Waals surface area contributed by atoms with Crippen molar-refractivity contribution in [2.24, 2.45) is 5.92 Å². The van der Waals surface area contributed by atoms with Crippen LogP contribution in [-0.4, -0.2) is 22.6 Å². The summed E-state index contributed by atoms with van der Waals surface area (Å²) >= 11 is 0. The molecule has 1 rings (SSSR count). The molecule has 0 amide bonds. The first-order chi connectivity index (χ1) is 8.32. The zero-order valence-electron chi connectivity index (χ0n) is 10.5. The number of benzene rings is 1. The number of hydrogen-bond acceptors (Lipinski definition) is 4. The van der Waals surface area contributed by atoms with Crippen molar-refractivity contribution in [3.63, 3.8) is 0 Å². The van der Waals surface area contributed by atoms with E-state index in [1.807, 2.05) is 13.8 Å². The topological polar surface area (TPSA) is 89.7 Å². The van der Waals surface area contributed by atoms with Crippen LogP contribution in [0.2, 0.25) is 0 Å². The Kier molecular flexibility index (Phi) is 4.25. The summed E-state index contributed by atoms with van der Waals surface area (Å²) in [4.78, 5) is 21.1. The van der Waals surface area contributed by atoms with Gasteiger partial charge in [-0.15, -0.1) is 0 Å². The third kappa shape index (κ3) is 3.19. The minimum absolute atomic E-state index is 0.147. The number of hydrogen-bond donors (Lipinski definition) is 1. The van der Waals surface area contributed by atoms with Gasteiger partial charge in [0, 0.05) is 6.07 Å². The number of carboxylic acid groups (broad SMARTS) is 1. The first kappa shape index (κ1) is 14.0. The molecule has 0 atom stereocenters. The second kappa shape index (κ2) is 5.48. The van der Waals surface area contributed by atoms with Crippen LogP contribution in [0.3, 0.4) is 0 Å². The highest BCUT2D eigenvalue weighted by atomic mass is 16.6. The van der Waals surface area contributed by atoms with E-state index in [-0.39, 0.29) is 22.9 Å². The molecule has 0 fully saturated rings. The number of rotatable bonds is 5. The average Bonchev–Trinajstić information content (AvgIpc) is 2.26. The Balaban J connectivity index is 3.22. The van der Waals surface area contributed by atoms with E-state index in [1.54, 1.807) is 6.92 Å². The smallest absolute Gasteiger partial charge is 0.336 e. The molecule has 6 heteroatoms. The lowest BCUT2D eigenvalue weighted by Gasteiger charge is -2.12. The van der Waals surface area contributed by atoms with Gasteiger partial charge in [0.15, 0.2) is 0 Å². The molecule has 0 unspecified atom stereocenters. The molecule has 98 valence electrons. The molecule has 0 bridgehead atoms. The van der Waals surface area contributed by atoms with Crippen LogP contribution in [0.25, 0.3) is 0 Å². The third-order valence-corrected chi connectivity index (χ3v) is 2.35. The van der Waals surface area contributed by atoms with Crippen molar-refractivity contribution >= 4 is 11.7 Å². The number of aromatic carboxylic acids is 1. The maximum absolute atomic E-state index is 10.9. The molecule has 1 aromatic rings. The first-order valence-corrected chi connectivity index (χ1v) is 5.48. The van der Waals surface area contributed by atoms with Gasteiger partial charge in [-0.3, -0.25) is 10.1 Å². The van der Waals surface area contributed by atoms with Crippen molar-refractivity contribution in [1.29, 1.82) is 0 Å². The van der Waals surface area contributed by atoms with Crippen LogP contribution in [0.15, 0.2) is 12.1 Å². The quantitative estimate of drug-likeness (QED) is 0.643. The summed E-state index contributed by atoms with van der Waals surface area (Å²) in [5.41, 5.74) is -0.0506. The molecular formula is C12H15NO5. The van der Waals surface area contributed by atoms with Crippen molar-refractivity contribution in [3.8, 4) is 5.75 Å². The predicted molar refractivity (Wildman–Crippen MR) is 65.1 cm³/mol. The summed E-state index contributed by atoms with van der Waals surface area (Å²) in [6, 6.07) is 2.35. The molecule has 0 saturated carbocycles. The van der Waals surface area contributed by atoms with Crippen LogP contribution < -0.4 is 4.74 Å². The summed E-state index contributed by atoms with van der Waals surface area (Å²) in [7, 11) is 0. The lowest BCUT2D eigenvalue weighted by molar-refractivity contribution is -0.385. The summed E-state index contributed by atoms with van der Waals surface area (Å²) < 4.78 is 5.41. The number of nitro benzene ring substituents is 1. The largest absolute Gasteiger partial charge is 0.493 e. The van der Waals surface area contributed by atoms with Gasteiger partial charge in [0.05, 0.1) is 22.7 Å². The minimum atomic E-state index is -1.22. The Morgan fingerprint density at radius 1 is 1.50 bits per heavy atom. The molecule has 0 radical (unpaired) electrons. The zero-order chi connectivity index (χ0) is 13.9. The molecule has 0 aliphatic carbocycles. The molecule has 1 N–H and O–H groups in total. The highest BCUT2D eigenvalue weighted by Gasteiger charge is 2.20. The summed E-state index contributed by atoms with van der Waals surface area (Å²) in [5.74, 6) is -0.722. The number of nitro groups is 1. The van der Waals surface area contributed by atoms with E-state index in [0.717, 1.165) is 6.07 Å². The van der Waals surface area contributed by atoms with E-state index in [9.17, 15) is 14.9 Å². The Morgan fingerprint density at radius 3 is 2.56 bits per heavy atom. The zero-order valence-corrected chi connectivity index (χ0v) is 10.5. The summed E-state index contributed by atoms with van der Waals surface area (Å²) in [5, 5.41) is 19.7. The van der Waals surface area contributed by atoms with Crippen LogP contribution in [0.5, 0.6) is 5.75 Å². The summed E-state index contributed by atoms with van der Waals surface area (Å²) in [6.07, 6.45) is 0. The molecule has 0 aromatic heterocycles. The van der Waals surface area contributed by atoms with E-state index in [0.29, 0.717) is 12.2 Å². The Hall–Kier alpha value is -2.11. The Morgan fingerprint density at radius 2 is 2.11 bits per heavy atom. The second-order valence-corrected chi connectivity index (χ2v) is 4.39. The lowest BCUT2D eigenvalue weighted by atomic mass is 10.1. The van der Waals surface area contributed by atoms with Crippen molar-refractivity contribution in [2.75, 3.05) is 6.61 Å². The van der Waals surface area contributed by atoms with Crippen LogP contribution in [-0.2, 0) is 0 Å². The van der Waals surface area contributed by atoms with Crippen molar-refractivity contribution in [3.05, 3.63) is 33.4 Å². The third-order valence-electron chi connectivity index (χ3n) is 2.35. The molecule has 0 aliphatic rings. The maximum atomic E-state index is 10.9. The van der Waals surface area contributed by atoms with Gasteiger partial charge in [-0.05, 0) is 18.9 Å². The molecular weight excluding hydrogens is 238 g/mol. The van der Waals surface area contributed by atoms with E-state index in [1.165, 1.54) is 6.07 Å². The fourth-order valence-electron chi connectivity index (χ4n) is 1.39. The fraction of sp³-hybridized carbons (Fsp3) is 0.417. The van der Waals surface area contributed by atoms with Gasteiger partial charge in [0.25, 0.3) is 5.69 Å². The molecule has 18 heavy (non-hydrogen) atoms. The SMILES string of the molecule is Cc1c(OCC(C)C)cc(C(=O)O)cc1[N+](=O)[O-]. The van der Waals surface area contributed by atoms with Crippen LogP contribution in [0.4, 0.5) is 5.69 Å². The van der Waals surface area contributed by atoms with E-state index in [2.05, 4.69) is 0 Å². The second-order valence-electron chi connectivity index (χ2n) is 4.39. The number of carbonyl (C=O) groups is 1. The van der Waals surface area contributed by atoms with Gasteiger partial charge < -0.3 is 9.84 Å². The fourth-order valence-corrected chi connectivity index (χ4v) is 1.39. The van der Waals surface area contributed by atoms with Gasteiger partial charge in [0.2, 0.25) is 0 Å². The van der Waals surface area contributed by atoms with Crippen molar-refractivity contribution < 1.29 is 19.6 Å². The van der Waals surface area contributed by atoms with Crippen LogP contribution in [0, 0.1) is 23.0 Å². The van der Waals surface area contributed by atoms with Crippen molar-refractivity contribution in [1.82, 2.24) is 0 Å². The van der Waals surface area contributed by atoms with Gasteiger partial charge in [-0.2, -0.15) is 0 Å². The number of ether oxygens (including phenoxy) is 1. The molecule has 6 nitrogen and oxygen atoms in total. The van der Waals surface area contributed by atoms with E-state index >= 15 is 0 Å². The highest BCUT2D eigenvalue weighted by molar-refractivity contribution is 5.89. The van der Waals surface area contributed by atoms with Gasteiger partial charge in [-0.1, -0.05) is 13.8 Å². The van der Waals surface area contributed by atoms with E-state index < -0.39 is 10.9 Å².